The summed E-state index contributed by atoms with van der Waals surface area (Å²) in [4.78, 5) is 10.2. The number of rotatable bonds is 2. The van der Waals surface area contributed by atoms with Crippen LogP contribution < -0.4 is 15.4 Å². The summed E-state index contributed by atoms with van der Waals surface area (Å²) in [5, 5.41) is 0. The maximum atomic E-state index is 5.58. The zero-order valence-electron chi connectivity index (χ0n) is 8.64. The minimum atomic E-state index is 0.232. The third-order valence-corrected chi connectivity index (χ3v) is 2.25. The number of morpholine rings is 1. The van der Waals surface area contributed by atoms with Gasteiger partial charge in [-0.05, 0) is 0 Å². The molecule has 0 bridgehead atoms. The summed E-state index contributed by atoms with van der Waals surface area (Å²) >= 11 is 0. The topological polar surface area (TPSA) is 73.5 Å². The van der Waals surface area contributed by atoms with Gasteiger partial charge in [-0.2, -0.15) is 9.97 Å². The van der Waals surface area contributed by atoms with Crippen LogP contribution in [-0.4, -0.2) is 43.4 Å². The SMILES string of the molecule is COc1cc(N2CCOCC2)nc(N)n1. The van der Waals surface area contributed by atoms with Gasteiger partial charge in [-0.1, -0.05) is 0 Å². The molecule has 2 heterocycles. The second kappa shape index (κ2) is 4.31. The number of hydrogen-bond donors (Lipinski definition) is 1. The summed E-state index contributed by atoms with van der Waals surface area (Å²) in [6.45, 7) is 3.07. The van der Waals surface area contributed by atoms with E-state index in [0.717, 1.165) is 18.9 Å². The largest absolute Gasteiger partial charge is 0.481 e. The van der Waals surface area contributed by atoms with Crippen LogP contribution in [0, 0.1) is 0 Å². The number of ether oxygens (including phenoxy) is 2. The molecule has 2 N–H and O–H groups in total. The van der Waals surface area contributed by atoms with Crippen LogP contribution in [0.3, 0.4) is 0 Å². The molecule has 0 spiro atoms. The highest BCUT2D eigenvalue weighted by Crippen LogP contribution is 2.18. The van der Waals surface area contributed by atoms with Gasteiger partial charge in [0.25, 0.3) is 0 Å². The smallest absolute Gasteiger partial charge is 0.225 e. The van der Waals surface area contributed by atoms with Crippen molar-refractivity contribution < 1.29 is 9.47 Å². The van der Waals surface area contributed by atoms with Gasteiger partial charge in [-0.3, -0.25) is 0 Å². The van der Waals surface area contributed by atoms with E-state index >= 15 is 0 Å². The summed E-state index contributed by atoms with van der Waals surface area (Å²) in [6.07, 6.45) is 0. The van der Waals surface area contributed by atoms with Gasteiger partial charge in [0.1, 0.15) is 5.82 Å². The van der Waals surface area contributed by atoms with Crippen molar-refractivity contribution in [2.75, 3.05) is 44.0 Å². The predicted molar refractivity (Wildman–Crippen MR) is 56.0 cm³/mol. The fourth-order valence-corrected chi connectivity index (χ4v) is 1.49. The molecule has 0 saturated carbocycles. The van der Waals surface area contributed by atoms with E-state index in [2.05, 4.69) is 14.9 Å². The van der Waals surface area contributed by atoms with Crippen molar-refractivity contribution in [1.29, 1.82) is 0 Å². The van der Waals surface area contributed by atoms with Crippen molar-refractivity contribution in [3.8, 4) is 5.88 Å². The van der Waals surface area contributed by atoms with E-state index in [4.69, 9.17) is 15.2 Å². The first kappa shape index (κ1) is 9.97. The first-order valence-corrected chi connectivity index (χ1v) is 4.81. The Labute approximate surface area is 88.0 Å². The maximum absolute atomic E-state index is 5.58. The number of nitrogens with two attached hydrogens (primary N) is 1. The third-order valence-electron chi connectivity index (χ3n) is 2.25. The molecule has 6 nitrogen and oxygen atoms in total. The molecule has 0 unspecified atom stereocenters. The highest BCUT2D eigenvalue weighted by atomic mass is 16.5. The molecule has 1 saturated heterocycles. The number of methoxy groups -OCH3 is 1. The Hall–Kier alpha value is -1.56. The van der Waals surface area contributed by atoms with Gasteiger partial charge >= 0.3 is 0 Å². The van der Waals surface area contributed by atoms with E-state index in [1.807, 2.05) is 0 Å². The third kappa shape index (κ3) is 2.27. The molecule has 15 heavy (non-hydrogen) atoms. The summed E-state index contributed by atoms with van der Waals surface area (Å²) in [5.41, 5.74) is 5.58. The molecule has 0 amide bonds. The minimum absolute atomic E-state index is 0.232. The second-order valence-electron chi connectivity index (χ2n) is 3.23. The average Bonchev–Trinajstić information content (AvgIpc) is 2.29. The molecule has 1 aromatic rings. The lowest BCUT2D eigenvalue weighted by Gasteiger charge is -2.27. The Morgan fingerprint density at radius 2 is 2.13 bits per heavy atom. The first-order chi connectivity index (χ1) is 7.29. The Bertz CT molecular complexity index is 339. The number of anilines is 2. The van der Waals surface area contributed by atoms with Crippen molar-refractivity contribution in [2.24, 2.45) is 0 Å². The molecule has 1 aromatic heterocycles. The van der Waals surface area contributed by atoms with Crippen molar-refractivity contribution >= 4 is 11.8 Å². The first-order valence-electron chi connectivity index (χ1n) is 4.81. The predicted octanol–water partition coefficient (Wildman–Crippen LogP) is -0.0960. The second-order valence-corrected chi connectivity index (χ2v) is 3.23. The van der Waals surface area contributed by atoms with Crippen LogP contribution >= 0.6 is 0 Å². The van der Waals surface area contributed by atoms with Crippen molar-refractivity contribution in [2.45, 2.75) is 0 Å². The lowest BCUT2D eigenvalue weighted by molar-refractivity contribution is 0.122. The van der Waals surface area contributed by atoms with Crippen LogP contribution in [0.15, 0.2) is 6.07 Å². The van der Waals surface area contributed by atoms with Gasteiger partial charge in [0, 0.05) is 19.2 Å². The summed E-state index contributed by atoms with van der Waals surface area (Å²) in [6, 6.07) is 1.78. The van der Waals surface area contributed by atoms with Crippen molar-refractivity contribution in [1.82, 2.24) is 9.97 Å². The molecule has 0 atom stereocenters. The van der Waals surface area contributed by atoms with E-state index in [1.165, 1.54) is 0 Å². The standard InChI is InChI=1S/C9H14N4O2/c1-14-8-6-7(11-9(10)12-8)13-2-4-15-5-3-13/h6H,2-5H2,1H3,(H2,10,11,12). The molecule has 1 aliphatic rings. The molecule has 2 rings (SSSR count). The zero-order chi connectivity index (χ0) is 10.7. The summed E-state index contributed by atoms with van der Waals surface area (Å²) in [7, 11) is 1.56. The average molecular weight is 210 g/mol. The molecule has 0 radical (unpaired) electrons. The van der Waals surface area contributed by atoms with Crippen LogP contribution in [0.1, 0.15) is 0 Å². The van der Waals surface area contributed by atoms with Crippen molar-refractivity contribution in [3.63, 3.8) is 0 Å². The van der Waals surface area contributed by atoms with Crippen LogP contribution in [-0.2, 0) is 4.74 Å². The minimum Gasteiger partial charge on any atom is -0.481 e. The number of nitrogen functional groups attached to an aromatic ring is 1. The normalized spacial score (nSPS) is 16.5. The zero-order valence-corrected chi connectivity index (χ0v) is 8.64. The molecular weight excluding hydrogens is 196 g/mol. The van der Waals surface area contributed by atoms with Gasteiger partial charge in [-0.25, -0.2) is 0 Å². The quantitative estimate of drug-likeness (QED) is 0.735. The Morgan fingerprint density at radius 1 is 1.40 bits per heavy atom. The molecular formula is C9H14N4O2. The van der Waals surface area contributed by atoms with E-state index in [-0.39, 0.29) is 5.95 Å². The van der Waals surface area contributed by atoms with Crippen LogP contribution in [0.2, 0.25) is 0 Å². The van der Waals surface area contributed by atoms with Gasteiger partial charge in [0.05, 0.1) is 20.3 Å². The molecule has 0 aromatic carbocycles. The van der Waals surface area contributed by atoms with Gasteiger partial charge in [0.2, 0.25) is 11.8 Å². The molecule has 0 aliphatic carbocycles. The maximum Gasteiger partial charge on any atom is 0.225 e. The highest BCUT2D eigenvalue weighted by molar-refractivity contribution is 5.45. The van der Waals surface area contributed by atoms with E-state index in [1.54, 1.807) is 13.2 Å². The van der Waals surface area contributed by atoms with Crippen molar-refractivity contribution in [3.05, 3.63) is 6.07 Å². The lowest BCUT2D eigenvalue weighted by atomic mass is 10.4. The van der Waals surface area contributed by atoms with Gasteiger partial charge in [-0.15, -0.1) is 0 Å². The number of nitrogens with zero attached hydrogens (tertiary/aromatic N) is 3. The Balaban J connectivity index is 2.22. The monoisotopic (exact) mass is 210 g/mol. The molecule has 82 valence electrons. The molecule has 1 aliphatic heterocycles. The van der Waals surface area contributed by atoms with Gasteiger partial charge < -0.3 is 20.1 Å². The van der Waals surface area contributed by atoms with Gasteiger partial charge in [0.15, 0.2) is 0 Å². The molecule has 1 fully saturated rings. The lowest BCUT2D eigenvalue weighted by Crippen LogP contribution is -2.36. The van der Waals surface area contributed by atoms with E-state index in [0.29, 0.717) is 19.1 Å². The summed E-state index contributed by atoms with van der Waals surface area (Å²) in [5.74, 6) is 1.52. The highest BCUT2D eigenvalue weighted by Gasteiger charge is 2.14. The summed E-state index contributed by atoms with van der Waals surface area (Å²) < 4.78 is 10.3. The van der Waals surface area contributed by atoms with Crippen LogP contribution in [0.4, 0.5) is 11.8 Å². The van der Waals surface area contributed by atoms with E-state index < -0.39 is 0 Å². The molecule has 6 heteroatoms. The van der Waals surface area contributed by atoms with E-state index in [9.17, 15) is 0 Å². The Morgan fingerprint density at radius 3 is 2.80 bits per heavy atom. The Kier molecular flexibility index (Phi) is 2.86. The number of aromatic nitrogens is 2. The van der Waals surface area contributed by atoms with Crippen LogP contribution in [0.25, 0.3) is 0 Å². The number of hydrogen-bond acceptors (Lipinski definition) is 6. The fraction of sp³-hybridized carbons (Fsp3) is 0.556. The fourth-order valence-electron chi connectivity index (χ4n) is 1.49. The van der Waals surface area contributed by atoms with Crippen LogP contribution in [0.5, 0.6) is 5.88 Å².